The van der Waals surface area contributed by atoms with Gasteiger partial charge in [-0.15, -0.1) is 0 Å². The number of non-ortho nitro benzene ring substituents is 1. The number of nitrogens with one attached hydrogen (secondary N) is 1. The molecular formula is C11H14N2O6. The highest BCUT2D eigenvalue weighted by molar-refractivity contribution is 5.49. The van der Waals surface area contributed by atoms with Gasteiger partial charge in [0.05, 0.1) is 11.5 Å². The molecule has 0 spiro atoms. The Labute approximate surface area is 108 Å². The third-order valence-corrected chi connectivity index (χ3v) is 2.89. The van der Waals surface area contributed by atoms with Gasteiger partial charge in [-0.2, -0.15) is 0 Å². The van der Waals surface area contributed by atoms with Gasteiger partial charge < -0.3 is 25.4 Å². The topological polar surface area (TPSA) is 125 Å². The van der Waals surface area contributed by atoms with Crippen LogP contribution in [0.4, 0.5) is 11.4 Å². The highest BCUT2D eigenvalue weighted by Gasteiger charge is 2.37. The summed E-state index contributed by atoms with van der Waals surface area (Å²) < 4.78 is 5.15. The van der Waals surface area contributed by atoms with E-state index in [9.17, 15) is 25.4 Å². The predicted molar refractivity (Wildman–Crippen MR) is 64.5 cm³/mol. The number of aliphatic hydroxyl groups excluding tert-OH is 3. The Hall–Kier alpha value is -1.74. The smallest absolute Gasteiger partial charge is 0.269 e. The number of nitro groups is 1. The number of aliphatic hydroxyl groups is 3. The fourth-order valence-corrected chi connectivity index (χ4v) is 1.78. The molecule has 1 aliphatic rings. The van der Waals surface area contributed by atoms with Crippen LogP contribution in [0.3, 0.4) is 0 Å². The molecule has 8 heteroatoms. The van der Waals surface area contributed by atoms with Gasteiger partial charge in [0.1, 0.15) is 18.3 Å². The summed E-state index contributed by atoms with van der Waals surface area (Å²) in [5, 5.41) is 41.8. The van der Waals surface area contributed by atoms with Gasteiger partial charge in [-0.05, 0) is 12.1 Å². The first kappa shape index (κ1) is 13.7. The lowest BCUT2D eigenvalue weighted by atomic mass is 10.0. The van der Waals surface area contributed by atoms with Gasteiger partial charge >= 0.3 is 0 Å². The number of hydrogen-bond donors (Lipinski definition) is 4. The maximum atomic E-state index is 10.5. The van der Waals surface area contributed by atoms with E-state index >= 15 is 0 Å². The molecule has 1 saturated heterocycles. The first-order valence-electron chi connectivity index (χ1n) is 5.66. The van der Waals surface area contributed by atoms with Gasteiger partial charge in [-0.25, -0.2) is 0 Å². The molecule has 1 aromatic rings. The molecular weight excluding hydrogens is 256 g/mol. The molecule has 8 nitrogen and oxygen atoms in total. The van der Waals surface area contributed by atoms with Crippen molar-refractivity contribution in [3.63, 3.8) is 0 Å². The zero-order valence-electron chi connectivity index (χ0n) is 9.84. The standard InChI is InChI=1S/C11H14N2O6/c14-8-5-19-11(10(16)9(8)15)12-6-1-3-7(4-2-6)13(17)18/h1-4,8-12,14-16H,5H2. The summed E-state index contributed by atoms with van der Waals surface area (Å²) in [6.45, 7) is -0.108. The first-order chi connectivity index (χ1) is 8.99. The second-order valence-corrected chi connectivity index (χ2v) is 4.25. The SMILES string of the molecule is O=[N+]([O-])c1ccc(NC2OCC(O)C(O)C2O)cc1. The number of hydrogen-bond acceptors (Lipinski definition) is 7. The van der Waals surface area contributed by atoms with Crippen molar-refractivity contribution < 1.29 is 25.0 Å². The second kappa shape index (κ2) is 5.49. The Kier molecular flexibility index (Phi) is 3.96. The van der Waals surface area contributed by atoms with E-state index in [-0.39, 0.29) is 12.3 Å². The molecule has 0 aromatic heterocycles. The highest BCUT2D eigenvalue weighted by atomic mass is 16.6. The van der Waals surface area contributed by atoms with Crippen LogP contribution in [0.2, 0.25) is 0 Å². The average Bonchev–Trinajstić information content (AvgIpc) is 2.40. The molecule has 0 saturated carbocycles. The molecule has 1 heterocycles. The molecule has 0 radical (unpaired) electrons. The van der Waals surface area contributed by atoms with Crippen LogP contribution in [-0.2, 0) is 4.74 Å². The largest absolute Gasteiger partial charge is 0.388 e. The molecule has 0 aliphatic carbocycles. The van der Waals surface area contributed by atoms with E-state index in [1.165, 1.54) is 24.3 Å². The van der Waals surface area contributed by atoms with Gasteiger partial charge in [0.25, 0.3) is 5.69 Å². The van der Waals surface area contributed by atoms with Crippen LogP contribution in [0.5, 0.6) is 0 Å². The normalized spacial score (nSPS) is 30.9. The van der Waals surface area contributed by atoms with E-state index in [2.05, 4.69) is 5.32 Å². The molecule has 19 heavy (non-hydrogen) atoms. The summed E-state index contributed by atoms with van der Waals surface area (Å²) in [6, 6.07) is 5.54. The van der Waals surface area contributed by atoms with E-state index in [1.54, 1.807) is 0 Å². The third kappa shape index (κ3) is 2.99. The number of ether oxygens (including phenoxy) is 1. The molecule has 0 amide bonds. The molecule has 2 rings (SSSR count). The van der Waals surface area contributed by atoms with Gasteiger partial charge in [0.2, 0.25) is 0 Å². The Morgan fingerprint density at radius 3 is 2.42 bits per heavy atom. The molecule has 1 fully saturated rings. The molecule has 4 atom stereocenters. The molecule has 1 aromatic carbocycles. The molecule has 104 valence electrons. The number of benzene rings is 1. The van der Waals surface area contributed by atoms with Crippen LogP contribution >= 0.6 is 0 Å². The monoisotopic (exact) mass is 270 g/mol. The zero-order valence-corrected chi connectivity index (χ0v) is 9.84. The van der Waals surface area contributed by atoms with Crippen LogP contribution in [-0.4, -0.2) is 51.4 Å². The van der Waals surface area contributed by atoms with Crippen molar-refractivity contribution in [1.82, 2.24) is 0 Å². The van der Waals surface area contributed by atoms with Crippen molar-refractivity contribution in [3.8, 4) is 0 Å². The fourth-order valence-electron chi connectivity index (χ4n) is 1.78. The molecule has 0 bridgehead atoms. The van der Waals surface area contributed by atoms with Crippen molar-refractivity contribution in [1.29, 1.82) is 0 Å². The second-order valence-electron chi connectivity index (χ2n) is 4.25. The zero-order chi connectivity index (χ0) is 14.0. The number of nitro benzene ring substituents is 1. The minimum atomic E-state index is -1.30. The Morgan fingerprint density at radius 2 is 1.84 bits per heavy atom. The maximum absolute atomic E-state index is 10.5. The summed E-state index contributed by atoms with van der Waals surface area (Å²) >= 11 is 0. The van der Waals surface area contributed by atoms with E-state index in [1.807, 2.05) is 0 Å². The van der Waals surface area contributed by atoms with Crippen molar-refractivity contribution in [2.75, 3.05) is 11.9 Å². The summed E-state index contributed by atoms with van der Waals surface area (Å²) in [5.41, 5.74) is 0.448. The quantitative estimate of drug-likeness (QED) is 0.428. The van der Waals surface area contributed by atoms with Gasteiger partial charge in [0.15, 0.2) is 6.23 Å². The van der Waals surface area contributed by atoms with Crippen LogP contribution < -0.4 is 5.32 Å². The minimum absolute atomic E-state index is 0.0499. The van der Waals surface area contributed by atoms with Gasteiger partial charge in [-0.3, -0.25) is 10.1 Å². The van der Waals surface area contributed by atoms with Crippen molar-refractivity contribution in [2.24, 2.45) is 0 Å². The first-order valence-corrected chi connectivity index (χ1v) is 5.66. The van der Waals surface area contributed by atoms with Crippen LogP contribution in [0.25, 0.3) is 0 Å². The minimum Gasteiger partial charge on any atom is -0.388 e. The summed E-state index contributed by atoms with van der Waals surface area (Å²) in [7, 11) is 0. The van der Waals surface area contributed by atoms with Crippen LogP contribution in [0, 0.1) is 10.1 Å². The lowest BCUT2D eigenvalue weighted by molar-refractivity contribution is -0.384. The highest BCUT2D eigenvalue weighted by Crippen LogP contribution is 2.20. The number of nitrogens with zero attached hydrogens (tertiary/aromatic N) is 1. The van der Waals surface area contributed by atoms with Crippen molar-refractivity contribution in [3.05, 3.63) is 34.4 Å². The fraction of sp³-hybridized carbons (Fsp3) is 0.455. The van der Waals surface area contributed by atoms with Crippen molar-refractivity contribution >= 4 is 11.4 Å². The predicted octanol–water partition coefficient (Wildman–Crippen LogP) is -0.554. The lowest BCUT2D eigenvalue weighted by Crippen LogP contribution is -2.55. The summed E-state index contributed by atoms with van der Waals surface area (Å²) in [5.74, 6) is 0. The molecule has 1 aliphatic heterocycles. The number of rotatable bonds is 3. The Balaban J connectivity index is 2.03. The maximum Gasteiger partial charge on any atom is 0.269 e. The van der Waals surface area contributed by atoms with Crippen LogP contribution in [0.15, 0.2) is 24.3 Å². The lowest BCUT2D eigenvalue weighted by Gasteiger charge is -2.35. The molecule has 4 unspecified atom stereocenters. The van der Waals surface area contributed by atoms with E-state index in [0.29, 0.717) is 5.69 Å². The Bertz CT molecular complexity index is 451. The third-order valence-electron chi connectivity index (χ3n) is 2.89. The number of anilines is 1. The van der Waals surface area contributed by atoms with Gasteiger partial charge in [-0.1, -0.05) is 0 Å². The van der Waals surface area contributed by atoms with E-state index in [4.69, 9.17) is 4.74 Å². The molecule has 4 N–H and O–H groups in total. The summed E-state index contributed by atoms with van der Waals surface area (Å²) in [4.78, 5) is 9.97. The van der Waals surface area contributed by atoms with Crippen LogP contribution in [0.1, 0.15) is 0 Å². The van der Waals surface area contributed by atoms with E-state index in [0.717, 1.165) is 0 Å². The van der Waals surface area contributed by atoms with Gasteiger partial charge in [0, 0.05) is 17.8 Å². The average molecular weight is 270 g/mol. The van der Waals surface area contributed by atoms with Crippen molar-refractivity contribution in [2.45, 2.75) is 24.5 Å². The van der Waals surface area contributed by atoms with E-state index < -0.39 is 29.5 Å². The Morgan fingerprint density at radius 1 is 1.21 bits per heavy atom. The summed E-state index contributed by atoms with van der Waals surface area (Å²) in [6.07, 6.45) is -4.62.